The van der Waals surface area contributed by atoms with Gasteiger partial charge in [0.15, 0.2) is 37.7 Å². The highest BCUT2D eigenvalue weighted by molar-refractivity contribution is 5.92. The number of carbonyl (C=O) groups excluding carboxylic acids is 3. The molecule has 42 nitrogen and oxygen atoms in total. The van der Waals surface area contributed by atoms with Crippen molar-refractivity contribution in [1.29, 1.82) is 0 Å². The molecule has 7 saturated heterocycles. The van der Waals surface area contributed by atoms with Crippen molar-refractivity contribution in [2.45, 2.75) is 242 Å². The van der Waals surface area contributed by atoms with E-state index in [9.17, 15) is 116 Å². The summed E-state index contributed by atoms with van der Waals surface area (Å²) in [6, 6.07) is 1.88. The molecule has 18 unspecified atom stereocenters. The van der Waals surface area contributed by atoms with Gasteiger partial charge in [-0.15, -0.1) is 0 Å². The van der Waals surface area contributed by atoms with Crippen molar-refractivity contribution < 1.29 is 192 Å². The van der Waals surface area contributed by atoms with E-state index in [-0.39, 0.29) is 12.4 Å². The first kappa shape index (κ1) is 79.1. The van der Waals surface area contributed by atoms with E-state index in [0.29, 0.717) is 5.56 Å². The fraction of sp³-hybridized carbons (Fsp3) is 0.821. The quantitative estimate of drug-likeness (QED) is 0.0409. The van der Waals surface area contributed by atoms with Crippen molar-refractivity contribution in [2.24, 2.45) is 0 Å². The zero-order chi connectivity index (χ0) is 71.9. The number of aliphatic hydroxyl groups is 19. The van der Waals surface area contributed by atoms with Gasteiger partial charge in [0.1, 0.15) is 183 Å². The van der Waals surface area contributed by atoms with Gasteiger partial charge in [0.25, 0.3) is 0 Å². The van der Waals surface area contributed by atoms with Gasteiger partial charge >= 0.3 is 12.1 Å². The van der Waals surface area contributed by atoms with E-state index in [1.165, 1.54) is 45.0 Å². The minimum absolute atomic E-state index is 0.0178. The van der Waals surface area contributed by atoms with E-state index in [2.05, 4.69) is 16.0 Å². The Labute approximate surface area is 555 Å². The van der Waals surface area contributed by atoms with E-state index >= 15 is 0 Å². The Morgan fingerprint density at radius 3 is 1.18 bits per heavy atom. The third kappa shape index (κ3) is 19.0. The average Bonchev–Trinajstić information content (AvgIpc) is 0.776. The molecule has 7 heterocycles. The number of rotatable bonds is 26. The molecule has 0 saturated carbocycles. The van der Waals surface area contributed by atoms with Crippen LogP contribution < -0.4 is 20.7 Å². The van der Waals surface area contributed by atoms with Crippen LogP contribution in [-0.4, -0.2) is 387 Å². The first-order valence-corrected chi connectivity index (χ1v) is 31.0. The average molecular weight is 1430 g/mol. The molecule has 7 aliphatic heterocycles. The maximum Gasteiger partial charge on any atom is 0.408 e. The number of hydrogen-bond donors (Lipinski definition) is 23. The van der Waals surface area contributed by atoms with Crippen LogP contribution in [0.5, 0.6) is 5.75 Å². The van der Waals surface area contributed by atoms with Crippen LogP contribution in [0.15, 0.2) is 24.3 Å². The molecule has 7 fully saturated rings. The van der Waals surface area contributed by atoms with Crippen LogP contribution in [0.3, 0.4) is 0 Å². The van der Waals surface area contributed by atoms with Crippen LogP contribution in [0.25, 0.3) is 0 Å². The molecule has 42 heteroatoms. The predicted molar refractivity (Wildman–Crippen MR) is 304 cm³/mol. The van der Waals surface area contributed by atoms with Crippen LogP contribution in [0.4, 0.5) is 4.79 Å². The van der Waals surface area contributed by atoms with Crippen molar-refractivity contribution in [3.63, 3.8) is 0 Å². The molecular formula is C56H87N3O39. The van der Waals surface area contributed by atoms with E-state index in [0.717, 1.165) is 0 Å². The third-order valence-electron chi connectivity index (χ3n) is 17.0. The number of carboxylic acids is 1. The Morgan fingerprint density at radius 1 is 0.418 bits per heavy atom. The molecule has 560 valence electrons. The fourth-order valence-corrected chi connectivity index (χ4v) is 11.0. The second-order valence-electron chi connectivity index (χ2n) is 24.3. The molecule has 0 spiro atoms. The monoisotopic (exact) mass is 1430 g/mol. The maximum absolute atomic E-state index is 12.6. The molecular weight excluding hydrogens is 1340 g/mol. The maximum atomic E-state index is 12.6. The highest BCUT2D eigenvalue weighted by atomic mass is 16.8. The van der Waals surface area contributed by atoms with Crippen LogP contribution >= 0.6 is 0 Å². The lowest BCUT2D eigenvalue weighted by Crippen LogP contribution is -2.68. The Bertz CT molecular complexity index is 2700. The van der Waals surface area contributed by atoms with Gasteiger partial charge in [-0.2, -0.15) is 0 Å². The Balaban J connectivity index is 0.934. The number of carbonyl (C=O) groups is 4. The molecule has 0 aliphatic carbocycles. The van der Waals surface area contributed by atoms with Gasteiger partial charge < -0.3 is 189 Å². The normalized spacial score (nSPS) is 43.3. The van der Waals surface area contributed by atoms with Crippen molar-refractivity contribution in [1.82, 2.24) is 16.0 Å². The fourth-order valence-electron chi connectivity index (χ4n) is 11.0. The molecule has 1 aromatic rings. The number of carboxylic acid groups (broad SMARTS) is 1. The third-order valence-corrected chi connectivity index (χ3v) is 17.0. The number of ether oxygens (including phenoxy) is 15. The van der Waals surface area contributed by atoms with Crippen LogP contribution in [0.1, 0.15) is 26.3 Å². The van der Waals surface area contributed by atoms with E-state index in [4.69, 9.17) is 76.2 Å². The molecule has 0 bridgehead atoms. The highest BCUT2D eigenvalue weighted by Gasteiger charge is 2.57. The summed E-state index contributed by atoms with van der Waals surface area (Å²) in [5.41, 5.74) is 0.360. The topological polar surface area (TPSA) is 647 Å². The first-order valence-electron chi connectivity index (χ1n) is 31.0. The number of hydrogen-bond acceptors (Lipinski definition) is 38. The summed E-state index contributed by atoms with van der Waals surface area (Å²) in [5, 5.41) is 222. The molecule has 1 aromatic carbocycles. The van der Waals surface area contributed by atoms with Gasteiger partial charge in [0.05, 0.1) is 46.2 Å². The zero-order valence-electron chi connectivity index (χ0n) is 52.4. The molecule has 8 rings (SSSR count). The van der Waals surface area contributed by atoms with Crippen molar-refractivity contribution in [2.75, 3.05) is 46.2 Å². The Hall–Kier alpha value is -4.58. The van der Waals surface area contributed by atoms with Gasteiger partial charge in [-0.05, 0) is 38.5 Å². The Morgan fingerprint density at radius 2 is 0.765 bits per heavy atom. The van der Waals surface area contributed by atoms with Crippen LogP contribution in [-0.2, 0) is 87.3 Å². The number of benzene rings is 1. The minimum Gasteiger partial charge on any atom is -0.480 e. The largest absolute Gasteiger partial charge is 0.480 e. The number of alkyl carbamates (subject to hydrolysis) is 1. The minimum atomic E-state index is -2.36. The standard InChI is InChI=1S/C56H87N3O39/c1-16(46(79)58-18(3)48(81)82)57-47(80)17(2)59-56(83)90-9-19-4-6-20(7-5-19)91-52-40(76)33(69)43(24(8-60)92-52)96-54-41(77)34(70)45(27(94-54)15-89-51-38(74)30(66)23(63)12-86-51)98-55-42(78)35(71)44(26(95-55)14-88-50-37(73)29(65)22(62)11-85-50)97-53-39(75)32(68)31(67)25(93-53)13-87-49-36(72)28(64)21(61)10-84-49/h4-7,16-18,21-45,49-55,60-78H,8-15H2,1-3H3,(H,57,80)(H,58,79)(H,59,83)(H,81,82)/t16-,17-,18-,21+,22+,23+,24?,25?,26?,27?,28?,29?,30?,31+,32?,33?,34?,35?,36?,37?,38?,39?,40?,41?,42?,43+,44+,45+,49+,50+,51+,52+,53-,54-,55-/m0/s1. The highest BCUT2D eigenvalue weighted by Crippen LogP contribution is 2.37. The molecule has 0 radical (unpaired) electrons. The lowest BCUT2D eigenvalue weighted by atomic mass is 9.95. The van der Waals surface area contributed by atoms with Crippen molar-refractivity contribution in [3.05, 3.63) is 29.8 Å². The van der Waals surface area contributed by atoms with E-state index < -0.39 is 285 Å². The summed E-state index contributed by atoms with van der Waals surface area (Å²) in [6.45, 7) is -1.80. The van der Waals surface area contributed by atoms with Gasteiger partial charge in [0, 0.05) is 0 Å². The summed E-state index contributed by atoms with van der Waals surface area (Å²) in [5.74, 6) is -2.91. The molecule has 0 aromatic heterocycles. The summed E-state index contributed by atoms with van der Waals surface area (Å²) in [7, 11) is 0. The lowest BCUT2D eigenvalue weighted by Gasteiger charge is -2.49. The predicted octanol–water partition coefficient (Wildman–Crippen LogP) is -13.6. The summed E-state index contributed by atoms with van der Waals surface area (Å²) >= 11 is 0. The number of aliphatic carboxylic acids is 1. The van der Waals surface area contributed by atoms with Crippen molar-refractivity contribution >= 4 is 23.9 Å². The summed E-state index contributed by atoms with van der Waals surface area (Å²) < 4.78 is 85.2. The van der Waals surface area contributed by atoms with Gasteiger partial charge in [-0.3, -0.25) is 14.4 Å². The molecule has 7 aliphatic rings. The zero-order valence-corrected chi connectivity index (χ0v) is 52.4. The van der Waals surface area contributed by atoms with Crippen LogP contribution in [0.2, 0.25) is 0 Å². The summed E-state index contributed by atoms with van der Waals surface area (Å²) in [6.07, 6.45) is -62.9. The second kappa shape index (κ2) is 35.1. The molecule has 3 amide bonds. The second-order valence-corrected chi connectivity index (χ2v) is 24.3. The van der Waals surface area contributed by atoms with E-state index in [1.807, 2.05) is 0 Å². The van der Waals surface area contributed by atoms with E-state index in [1.54, 1.807) is 0 Å². The Kier molecular flexibility index (Phi) is 28.3. The first-order chi connectivity index (χ1) is 46.3. The lowest BCUT2D eigenvalue weighted by molar-refractivity contribution is -0.393. The SMILES string of the molecule is C[C@H](NC(=O)[C@H](C)NC(=O)[C@H](C)NC(=O)OCc1ccc(O[C@@H]2OC(CO)[C@@H](O[C@@H]3OC(CO[C@H]4OC[C@@H](O)C(O)C4O)[C@@H](O[C@@H]4OC(CO[C@H]5OC[C@@H](O)C(O)C5O)[C@@H](O[C@@H]5OC(CO[C@H]6OC[C@@H](O)C(O)C6O)[C@@H](O)C(O)C5O)C(O)C4O)C(O)C3O)C(O)C2O)cc1)C(=O)O. The molecule has 35 atom stereocenters. The van der Waals surface area contributed by atoms with Crippen molar-refractivity contribution in [3.8, 4) is 5.75 Å². The molecule has 23 N–H and O–H groups in total. The van der Waals surface area contributed by atoms with Gasteiger partial charge in [-0.1, -0.05) is 12.1 Å². The number of nitrogens with one attached hydrogen (secondary N) is 3. The summed E-state index contributed by atoms with van der Waals surface area (Å²) in [4.78, 5) is 48.4. The molecule has 98 heavy (non-hydrogen) atoms. The number of aliphatic hydroxyl groups excluding tert-OH is 19. The van der Waals surface area contributed by atoms with Gasteiger partial charge in [-0.25, -0.2) is 4.79 Å². The van der Waals surface area contributed by atoms with Crippen LogP contribution in [0, 0.1) is 0 Å². The smallest absolute Gasteiger partial charge is 0.408 e. The number of amides is 3. The van der Waals surface area contributed by atoms with Gasteiger partial charge in [0.2, 0.25) is 18.1 Å².